The molecule has 1 aliphatic rings. The van der Waals surface area contributed by atoms with E-state index in [1.54, 1.807) is 12.1 Å². The summed E-state index contributed by atoms with van der Waals surface area (Å²) in [6.07, 6.45) is 3.44. The number of anilines is 1. The zero-order chi connectivity index (χ0) is 12.5. The quantitative estimate of drug-likeness (QED) is 0.757. The normalized spacial score (nSPS) is 17.2. The van der Waals surface area contributed by atoms with E-state index in [0.29, 0.717) is 4.90 Å². The van der Waals surface area contributed by atoms with Crippen molar-refractivity contribution in [3.63, 3.8) is 0 Å². The molecule has 0 atom stereocenters. The van der Waals surface area contributed by atoms with Crippen LogP contribution in [0.2, 0.25) is 0 Å². The van der Waals surface area contributed by atoms with Gasteiger partial charge in [0.2, 0.25) is 0 Å². The molecule has 17 heavy (non-hydrogen) atoms. The lowest BCUT2D eigenvalue weighted by molar-refractivity contribution is 0.602. The molecule has 1 aromatic rings. The predicted octanol–water partition coefficient (Wildman–Crippen LogP) is 2.25. The first-order valence-electron chi connectivity index (χ1n) is 5.68. The van der Waals surface area contributed by atoms with Crippen molar-refractivity contribution in [2.75, 3.05) is 24.2 Å². The molecule has 0 saturated carbocycles. The van der Waals surface area contributed by atoms with Gasteiger partial charge in [-0.3, -0.25) is 0 Å². The Morgan fingerprint density at radius 3 is 2.41 bits per heavy atom. The van der Waals surface area contributed by atoms with Crippen molar-refractivity contribution in [3.05, 3.63) is 36.4 Å². The number of rotatable bonds is 2. The van der Waals surface area contributed by atoms with Crippen LogP contribution in [0.15, 0.2) is 41.3 Å². The van der Waals surface area contributed by atoms with Gasteiger partial charge in [-0.1, -0.05) is 12.2 Å². The lowest BCUT2D eigenvalue weighted by atomic mass is 10.1. The van der Waals surface area contributed by atoms with E-state index in [-0.39, 0.29) is 0 Å². The number of sulfone groups is 1. The van der Waals surface area contributed by atoms with E-state index in [0.717, 1.165) is 31.6 Å². The van der Waals surface area contributed by atoms with Crippen molar-refractivity contribution in [3.8, 4) is 0 Å². The molecule has 1 heterocycles. The molecule has 0 aliphatic carbocycles. The van der Waals surface area contributed by atoms with Gasteiger partial charge in [-0.05, 0) is 37.1 Å². The van der Waals surface area contributed by atoms with Crippen molar-refractivity contribution < 1.29 is 8.42 Å². The Hall–Kier alpha value is -1.29. The molecule has 1 saturated heterocycles. The van der Waals surface area contributed by atoms with Crippen LogP contribution in [0, 0.1) is 0 Å². The Morgan fingerprint density at radius 1 is 1.24 bits per heavy atom. The van der Waals surface area contributed by atoms with Crippen LogP contribution in [0.1, 0.15) is 12.8 Å². The van der Waals surface area contributed by atoms with Crippen LogP contribution >= 0.6 is 0 Å². The summed E-state index contributed by atoms with van der Waals surface area (Å²) in [7, 11) is -3.10. The minimum absolute atomic E-state index is 0.372. The maximum Gasteiger partial charge on any atom is 0.175 e. The van der Waals surface area contributed by atoms with Gasteiger partial charge in [-0.15, -0.1) is 0 Å². The van der Waals surface area contributed by atoms with Crippen LogP contribution < -0.4 is 4.90 Å². The molecule has 1 aromatic carbocycles. The topological polar surface area (TPSA) is 37.4 Å². The molecule has 0 spiro atoms. The third-order valence-electron chi connectivity index (χ3n) is 3.00. The van der Waals surface area contributed by atoms with Gasteiger partial charge in [-0.25, -0.2) is 8.42 Å². The van der Waals surface area contributed by atoms with E-state index >= 15 is 0 Å². The number of nitrogens with zero attached hydrogens (tertiary/aromatic N) is 1. The molecule has 2 rings (SSSR count). The smallest absolute Gasteiger partial charge is 0.175 e. The van der Waals surface area contributed by atoms with Gasteiger partial charge in [0.25, 0.3) is 0 Å². The number of hydrogen-bond donors (Lipinski definition) is 0. The minimum atomic E-state index is -3.10. The third-order valence-corrected chi connectivity index (χ3v) is 4.13. The highest BCUT2D eigenvalue weighted by Gasteiger charge is 2.14. The number of piperidine rings is 1. The second-order valence-corrected chi connectivity index (χ2v) is 6.56. The van der Waals surface area contributed by atoms with E-state index in [1.807, 2.05) is 12.1 Å². The SMILES string of the molecule is C=C1CCCN(c2ccc(S(C)(=O)=O)cc2)C1. The Morgan fingerprint density at radius 2 is 1.88 bits per heavy atom. The summed E-state index contributed by atoms with van der Waals surface area (Å²) >= 11 is 0. The van der Waals surface area contributed by atoms with E-state index in [1.165, 1.54) is 11.8 Å². The second kappa shape index (κ2) is 4.53. The fourth-order valence-electron chi connectivity index (χ4n) is 2.07. The zero-order valence-electron chi connectivity index (χ0n) is 10.0. The fraction of sp³-hybridized carbons (Fsp3) is 0.385. The lowest BCUT2D eigenvalue weighted by Gasteiger charge is -2.30. The van der Waals surface area contributed by atoms with Crippen LogP contribution in [0.25, 0.3) is 0 Å². The van der Waals surface area contributed by atoms with Crippen LogP contribution in [-0.4, -0.2) is 27.8 Å². The Bertz CT molecular complexity index is 517. The highest BCUT2D eigenvalue weighted by molar-refractivity contribution is 7.90. The van der Waals surface area contributed by atoms with Gasteiger partial charge in [-0.2, -0.15) is 0 Å². The molecule has 1 aliphatic heterocycles. The predicted molar refractivity (Wildman–Crippen MR) is 70.1 cm³/mol. The lowest BCUT2D eigenvalue weighted by Crippen LogP contribution is -2.30. The van der Waals surface area contributed by atoms with Crippen molar-refractivity contribution in [2.45, 2.75) is 17.7 Å². The molecule has 0 bridgehead atoms. The molecular weight excluding hydrogens is 234 g/mol. The molecule has 0 radical (unpaired) electrons. The minimum Gasteiger partial charge on any atom is -0.368 e. The molecule has 92 valence electrons. The van der Waals surface area contributed by atoms with Gasteiger partial charge in [0.05, 0.1) is 4.90 Å². The van der Waals surface area contributed by atoms with Crippen LogP contribution in [0.3, 0.4) is 0 Å². The average molecular weight is 251 g/mol. The molecular formula is C13H17NO2S. The van der Waals surface area contributed by atoms with Gasteiger partial charge >= 0.3 is 0 Å². The summed E-state index contributed by atoms with van der Waals surface area (Å²) in [5.41, 5.74) is 2.31. The van der Waals surface area contributed by atoms with Crippen molar-refractivity contribution >= 4 is 15.5 Å². The van der Waals surface area contributed by atoms with Gasteiger partial charge in [0.15, 0.2) is 9.84 Å². The first-order valence-corrected chi connectivity index (χ1v) is 7.58. The van der Waals surface area contributed by atoms with E-state index in [4.69, 9.17) is 0 Å². The van der Waals surface area contributed by atoms with Gasteiger partial charge < -0.3 is 4.90 Å². The monoisotopic (exact) mass is 251 g/mol. The van der Waals surface area contributed by atoms with Crippen molar-refractivity contribution in [1.82, 2.24) is 0 Å². The maximum absolute atomic E-state index is 11.3. The molecule has 0 unspecified atom stereocenters. The second-order valence-electron chi connectivity index (χ2n) is 4.54. The summed E-state index contributed by atoms with van der Waals surface area (Å²) in [5, 5.41) is 0. The van der Waals surface area contributed by atoms with Crippen LogP contribution in [0.4, 0.5) is 5.69 Å². The highest BCUT2D eigenvalue weighted by atomic mass is 32.2. The Kier molecular flexibility index (Phi) is 3.24. The summed E-state index contributed by atoms with van der Waals surface area (Å²) in [6.45, 7) is 5.89. The van der Waals surface area contributed by atoms with E-state index in [2.05, 4.69) is 11.5 Å². The molecule has 0 aromatic heterocycles. The first kappa shape index (κ1) is 12.2. The summed E-state index contributed by atoms with van der Waals surface area (Å²) in [6, 6.07) is 7.08. The number of benzene rings is 1. The van der Waals surface area contributed by atoms with E-state index < -0.39 is 9.84 Å². The standard InChI is InChI=1S/C13H17NO2S/c1-11-4-3-9-14(10-11)12-5-7-13(8-6-12)17(2,15)16/h5-8H,1,3-4,9-10H2,2H3. The van der Waals surface area contributed by atoms with Crippen LogP contribution in [-0.2, 0) is 9.84 Å². The highest BCUT2D eigenvalue weighted by Crippen LogP contribution is 2.23. The molecule has 0 amide bonds. The molecule has 3 nitrogen and oxygen atoms in total. The fourth-order valence-corrected chi connectivity index (χ4v) is 2.70. The summed E-state index contributed by atoms with van der Waals surface area (Å²) in [5.74, 6) is 0. The Labute approximate surface area is 103 Å². The van der Waals surface area contributed by atoms with Gasteiger partial charge in [0.1, 0.15) is 0 Å². The third kappa shape index (κ3) is 2.88. The molecule has 0 N–H and O–H groups in total. The molecule has 1 fully saturated rings. The molecule has 4 heteroatoms. The maximum atomic E-state index is 11.3. The largest absolute Gasteiger partial charge is 0.368 e. The zero-order valence-corrected chi connectivity index (χ0v) is 10.8. The van der Waals surface area contributed by atoms with Crippen molar-refractivity contribution in [2.24, 2.45) is 0 Å². The van der Waals surface area contributed by atoms with Crippen LogP contribution in [0.5, 0.6) is 0 Å². The first-order chi connectivity index (χ1) is 7.97. The van der Waals surface area contributed by atoms with Crippen molar-refractivity contribution in [1.29, 1.82) is 0 Å². The van der Waals surface area contributed by atoms with Gasteiger partial charge in [0, 0.05) is 25.0 Å². The van der Waals surface area contributed by atoms with E-state index in [9.17, 15) is 8.42 Å². The Balaban J connectivity index is 2.20. The summed E-state index contributed by atoms with van der Waals surface area (Å²) < 4.78 is 22.7. The average Bonchev–Trinajstić information content (AvgIpc) is 2.28. The number of hydrogen-bond acceptors (Lipinski definition) is 3. The summed E-state index contributed by atoms with van der Waals surface area (Å²) in [4.78, 5) is 2.61.